The molecule has 1 aliphatic rings. The Bertz CT molecular complexity index is 544. The molecule has 24 heavy (non-hydrogen) atoms. The van der Waals surface area contributed by atoms with Crippen molar-refractivity contribution >= 4 is 41.7 Å². The summed E-state index contributed by atoms with van der Waals surface area (Å²) in [7, 11) is 1.69. The van der Waals surface area contributed by atoms with Crippen molar-refractivity contribution in [3.05, 3.63) is 30.3 Å². The van der Waals surface area contributed by atoms with Gasteiger partial charge in [0.15, 0.2) is 0 Å². The zero-order valence-electron chi connectivity index (χ0n) is 14.2. The zero-order valence-corrected chi connectivity index (χ0v) is 15.8. The molecule has 2 atom stereocenters. The van der Waals surface area contributed by atoms with Gasteiger partial charge in [-0.05, 0) is 43.4 Å². The molecule has 0 aliphatic carbocycles. The number of para-hydroxylation sites is 1. The maximum atomic E-state index is 12.8. The maximum Gasteiger partial charge on any atom is 0.249 e. The summed E-state index contributed by atoms with van der Waals surface area (Å²) in [5.41, 5.74) is 6.86. The number of benzene rings is 1. The van der Waals surface area contributed by atoms with Crippen LogP contribution in [0.25, 0.3) is 0 Å². The number of rotatable bonds is 6. The van der Waals surface area contributed by atoms with Crippen LogP contribution >= 0.6 is 24.2 Å². The Morgan fingerprint density at radius 2 is 2.08 bits per heavy atom. The number of likely N-dealkylation sites (N-methyl/N-ethyl adjacent to an activating group) is 1. The Hall–Kier alpha value is -1.24. The first-order valence-corrected chi connectivity index (χ1v) is 9.33. The maximum absolute atomic E-state index is 12.8. The molecule has 1 heterocycles. The van der Waals surface area contributed by atoms with E-state index in [1.165, 1.54) is 0 Å². The Balaban J connectivity index is 0.00000288. The highest BCUT2D eigenvalue weighted by molar-refractivity contribution is 7.98. The van der Waals surface area contributed by atoms with Crippen LogP contribution in [0.5, 0.6) is 0 Å². The highest BCUT2D eigenvalue weighted by atomic mass is 35.5. The lowest BCUT2D eigenvalue weighted by Gasteiger charge is -2.37. The van der Waals surface area contributed by atoms with Crippen LogP contribution in [0.15, 0.2) is 30.3 Å². The van der Waals surface area contributed by atoms with Crippen molar-refractivity contribution in [2.45, 2.75) is 31.3 Å². The molecule has 2 amide bonds. The minimum Gasteiger partial charge on any atom is -0.332 e. The van der Waals surface area contributed by atoms with Crippen molar-refractivity contribution in [3.8, 4) is 0 Å². The minimum atomic E-state index is -0.535. The Labute approximate surface area is 154 Å². The monoisotopic (exact) mass is 371 g/mol. The lowest BCUT2D eigenvalue weighted by molar-refractivity contribution is -0.139. The highest BCUT2D eigenvalue weighted by Crippen LogP contribution is 2.23. The summed E-state index contributed by atoms with van der Waals surface area (Å²) in [6.07, 6.45) is 4.19. The van der Waals surface area contributed by atoms with Crippen LogP contribution in [0.1, 0.15) is 19.3 Å². The van der Waals surface area contributed by atoms with Gasteiger partial charge in [-0.15, -0.1) is 12.4 Å². The summed E-state index contributed by atoms with van der Waals surface area (Å²) in [5.74, 6) is 0.679. The number of piperidine rings is 1. The lowest BCUT2D eigenvalue weighted by Crippen LogP contribution is -2.56. The SMILES string of the molecule is CSCC[C@H](N)C(=O)N(C)C1CCCN(c2ccccc2)C1=O.Cl. The lowest BCUT2D eigenvalue weighted by atomic mass is 10.0. The van der Waals surface area contributed by atoms with Gasteiger partial charge in [-0.2, -0.15) is 11.8 Å². The molecule has 2 rings (SSSR count). The second kappa shape index (κ2) is 9.91. The van der Waals surface area contributed by atoms with Crippen molar-refractivity contribution in [2.75, 3.05) is 30.5 Å². The molecule has 0 saturated carbocycles. The van der Waals surface area contributed by atoms with Gasteiger partial charge in [0.2, 0.25) is 11.8 Å². The average molecular weight is 372 g/mol. The van der Waals surface area contributed by atoms with Crippen molar-refractivity contribution in [2.24, 2.45) is 5.73 Å². The first kappa shape index (κ1) is 20.8. The van der Waals surface area contributed by atoms with Gasteiger partial charge in [-0.1, -0.05) is 18.2 Å². The largest absolute Gasteiger partial charge is 0.332 e. The molecule has 1 aromatic carbocycles. The zero-order chi connectivity index (χ0) is 16.8. The van der Waals surface area contributed by atoms with E-state index < -0.39 is 12.1 Å². The summed E-state index contributed by atoms with van der Waals surface area (Å²) < 4.78 is 0. The Kier molecular flexibility index (Phi) is 8.59. The number of amides is 2. The molecule has 2 N–H and O–H groups in total. The third kappa shape index (κ3) is 4.88. The second-order valence-corrected chi connectivity index (χ2v) is 6.81. The molecule has 0 bridgehead atoms. The topological polar surface area (TPSA) is 66.6 Å². The van der Waals surface area contributed by atoms with Crippen molar-refractivity contribution < 1.29 is 9.59 Å². The standard InChI is InChI=1S/C17H25N3O2S.ClH/c1-19(16(21)14(18)10-12-23-2)15-9-6-11-20(17(15)22)13-7-4-3-5-8-13;/h3-5,7-8,14-15H,6,9-12,18H2,1-2H3;1H/t14-,15?;/m0./s1. The molecular formula is C17H26ClN3O2S. The van der Waals surface area contributed by atoms with E-state index in [9.17, 15) is 9.59 Å². The molecule has 134 valence electrons. The first-order chi connectivity index (χ1) is 11.1. The van der Waals surface area contributed by atoms with Crippen LogP contribution < -0.4 is 10.6 Å². The summed E-state index contributed by atoms with van der Waals surface area (Å²) in [4.78, 5) is 28.6. The third-order valence-corrected chi connectivity index (χ3v) is 4.89. The number of carbonyl (C=O) groups is 2. The predicted octanol–water partition coefficient (Wildman–Crippen LogP) is 2.14. The summed E-state index contributed by atoms with van der Waals surface area (Å²) in [6, 6.07) is 8.65. The van der Waals surface area contributed by atoms with E-state index in [2.05, 4.69) is 0 Å². The minimum absolute atomic E-state index is 0. The number of carbonyl (C=O) groups excluding carboxylic acids is 2. The van der Waals surface area contributed by atoms with E-state index in [-0.39, 0.29) is 24.2 Å². The van der Waals surface area contributed by atoms with Gasteiger partial charge in [-0.25, -0.2) is 0 Å². The van der Waals surface area contributed by atoms with E-state index in [0.29, 0.717) is 19.4 Å². The van der Waals surface area contributed by atoms with Gasteiger partial charge >= 0.3 is 0 Å². The fraction of sp³-hybridized carbons (Fsp3) is 0.529. The molecule has 0 radical (unpaired) electrons. The molecule has 0 spiro atoms. The number of nitrogens with zero attached hydrogens (tertiary/aromatic N) is 2. The van der Waals surface area contributed by atoms with Gasteiger partial charge in [-0.3, -0.25) is 9.59 Å². The summed E-state index contributed by atoms with van der Waals surface area (Å²) >= 11 is 1.67. The molecule has 5 nitrogen and oxygen atoms in total. The molecule has 0 aromatic heterocycles. The van der Waals surface area contributed by atoms with E-state index in [1.807, 2.05) is 36.6 Å². The Morgan fingerprint density at radius 1 is 1.42 bits per heavy atom. The normalized spacial score (nSPS) is 18.7. The van der Waals surface area contributed by atoms with Crippen LogP contribution in [-0.2, 0) is 9.59 Å². The number of hydrogen-bond acceptors (Lipinski definition) is 4. The van der Waals surface area contributed by atoms with Crippen molar-refractivity contribution in [3.63, 3.8) is 0 Å². The van der Waals surface area contributed by atoms with E-state index in [4.69, 9.17) is 5.73 Å². The average Bonchev–Trinajstić information content (AvgIpc) is 2.59. The quantitative estimate of drug-likeness (QED) is 0.832. The molecule has 1 unspecified atom stereocenters. The van der Waals surface area contributed by atoms with Crippen molar-refractivity contribution in [1.29, 1.82) is 0 Å². The van der Waals surface area contributed by atoms with E-state index in [0.717, 1.165) is 17.9 Å². The second-order valence-electron chi connectivity index (χ2n) is 5.82. The fourth-order valence-corrected chi connectivity index (χ4v) is 3.35. The fourth-order valence-electron chi connectivity index (χ4n) is 2.86. The molecule has 1 fully saturated rings. The van der Waals surface area contributed by atoms with Crippen LogP contribution in [-0.4, -0.2) is 54.4 Å². The number of thioether (sulfide) groups is 1. The van der Waals surface area contributed by atoms with Crippen molar-refractivity contribution in [1.82, 2.24) is 4.90 Å². The molecule has 7 heteroatoms. The first-order valence-electron chi connectivity index (χ1n) is 7.94. The number of anilines is 1. The van der Waals surface area contributed by atoms with Gasteiger partial charge in [0, 0.05) is 19.3 Å². The van der Waals surface area contributed by atoms with Crippen LogP contribution in [0.2, 0.25) is 0 Å². The van der Waals surface area contributed by atoms with Gasteiger partial charge in [0.25, 0.3) is 0 Å². The number of hydrogen-bond donors (Lipinski definition) is 1. The summed E-state index contributed by atoms with van der Waals surface area (Å²) in [5, 5.41) is 0. The number of nitrogens with two attached hydrogens (primary N) is 1. The molecule has 1 aliphatic heterocycles. The van der Waals surface area contributed by atoms with Gasteiger partial charge in [0.1, 0.15) is 6.04 Å². The number of halogens is 1. The molecule has 1 aromatic rings. The van der Waals surface area contributed by atoms with Crippen LogP contribution in [0, 0.1) is 0 Å². The van der Waals surface area contributed by atoms with Crippen LogP contribution in [0.4, 0.5) is 5.69 Å². The highest BCUT2D eigenvalue weighted by Gasteiger charge is 2.35. The molecule has 1 saturated heterocycles. The molecular weight excluding hydrogens is 346 g/mol. The van der Waals surface area contributed by atoms with E-state index in [1.54, 1.807) is 28.6 Å². The third-order valence-electron chi connectivity index (χ3n) is 4.24. The van der Waals surface area contributed by atoms with Gasteiger partial charge < -0.3 is 15.5 Å². The van der Waals surface area contributed by atoms with Crippen LogP contribution in [0.3, 0.4) is 0 Å². The summed E-state index contributed by atoms with van der Waals surface area (Å²) in [6.45, 7) is 0.694. The van der Waals surface area contributed by atoms with Gasteiger partial charge in [0.05, 0.1) is 6.04 Å². The predicted molar refractivity (Wildman–Crippen MR) is 103 cm³/mol. The Morgan fingerprint density at radius 3 is 2.71 bits per heavy atom. The van der Waals surface area contributed by atoms with E-state index >= 15 is 0 Å². The smallest absolute Gasteiger partial charge is 0.249 e.